The van der Waals surface area contributed by atoms with Crippen LogP contribution in [0.2, 0.25) is 0 Å². The topological polar surface area (TPSA) is 27.1 Å². The van der Waals surface area contributed by atoms with Crippen molar-refractivity contribution in [2.45, 2.75) is 25.5 Å². The summed E-state index contributed by atoms with van der Waals surface area (Å²) >= 11 is 0. The zero-order valence-electron chi connectivity index (χ0n) is 13.0. The van der Waals surface area contributed by atoms with Crippen LogP contribution in [0.15, 0.2) is 73.3 Å². The van der Waals surface area contributed by atoms with Gasteiger partial charge in [0, 0.05) is 12.4 Å². The molecule has 4 rings (SSSR count). The maximum Gasteiger partial charge on any atom is 0.119 e. The van der Waals surface area contributed by atoms with Crippen molar-refractivity contribution in [3.05, 3.63) is 84.4 Å². The van der Waals surface area contributed by atoms with Gasteiger partial charge in [0.1, 0.15) is 12.4 Å². The monoisotopic (exact) mass is 304 g/mol. The minimum absolute atomic E-state index is 0.403. The van der Waals surface area contributed by atoms with Gasteiger partial charge in [-0.05, 0) is 42.0 Å². The van der Waals surface area contributed by atoms with E-state index in [9.17, 15) is 0 Å². The smallest absolute Gasteiger partial charge is 0.119 e. The molecule has 0 N–H and O–H groups in total. The Labute approximate surface area is 136 Å². The van der Waals surface area contributed by atoms with Crippen LogP contribution in [0.5, 0.6) is 5.75 Å². The summed E-state index contributed by atoms with van der Waals surface area (Å²) in [6.07, 6.45) is 8.43. The van der Waals surface area contributed by atoms with Crippen LogP contribution in [0, 0.1) is 5.92 Å². The molecule has 1 fully saturated rings. The van der Waals surface area contributed by atoms with Crippen molar-refractivity contribution < 1.29 is 4.74 Å². The van der Waals surface area contributed by atoms with Crippen molar-refractivity contribution in [3.8, 4) is 5.75 Å². The summed E-state index contributed by atoms with van der Waals surface area (Å²) in [7, 11) is 0. The molecule has 1 aliphatic rings. The molecular weight excluding hydrogens is 284 g/mol. The number of imidazole rings is 1. The lowest BCUT2D eigenvalue weighted by Gasteiger charge is -2.19. The molecule has 1 atom stereocenters. The Morgan fingerprint density at radius 1 is 1.04 bits per heavy atom. The number of benzene rings is 2. The lowest BCUT2D eigenvalue weighted by atomic mass is 10.0. The first kappa shape index (κ1) is 14.1. The van der Waals surface area contributed by atoms with E-state index in [1.807, 2.05) is 30.7 Å². The molecule has 0 spiro atoms. The summed E-state index contributed by atoms with van der Waals surface area (Å²) in [6.45, 7) is 0.605. The zero-order chi connectivity index (χ0) is 15.5. The molecule has 3 nitrogen and oxygen atoms in total. The number of aromatic nitrogens is 2. The maximum atomic E-state index is 5.87. The van der Waals surface area contributed by atoms with E-state index >= 15 is 0 Å². The third kappa shape index (κ3) is 3.29. The fraction of sp³-hybridized carbons (Fsp3) is 0.250. The third-order valence-corrected chi connectivity index (χ3v) is 4.38. The molecule has 1 heterocycles. The molecule has 1 aliphatic carbocycles. The van der Waals surface area contributed by atoms with Crippen LogP contribution in [-0.2, 0) is 6.61 Å². The number of ether oxygens (including phenoxy) is 1. The van der Waals surface area contributed by atoms with Crippen molar-refractivity contribution in [3.63, 3.8) is 0 Å². The van der Waals surface area contributed by atoms with Crippen LogP contribution in [0.1, 0.15) is 30.0 Å². The highest BCUT2D eigenvalue weighted by atomic mass is 16.5. The van der Waals surface area contributed by atoms with Gasteiger partial charge in [-0.3, -0.25) is 0 Å². The Bertz CT molecular complexity index is 731. The highest BCUT2D eigenvalue weighted by Crippen LogP contribution is 2.43. The van der Waals surface area contributed by atoms with Crippen molar-refractivity contribution in [1.29, 1.82) is 0 Å². The normalized spacial score (nSPS) is 15.3. The summed E-state index contributed by atoms with van der Waals surface area (Å²) in [5.41, 5.74) is 2.52. The molecule has 0 aliphatic heterocycles. The minimum Gasteiger partial charge on any atom is -0.489 e. The van der Waals surface area contributed by atoms with Gasteiger partial charge in [0.15, 0.2) is 0 Å². The van der Waals surface area contributed by atoms with Crippen LogP contribution < -0.4 is 4.74 Å². The van der Waals surface area contributed by atoms with Crippen LogP contribution >= 0.6 is 0 Å². The first-order valence-electron chi connectivity index (χ1n) is 8.14. The predicted molar refractivity (Wildman–Crippen MR) is 90.3 cm³/mol. The minimum atomic E-state index is 0.403. The quantitative estimate of drug-likeness (QED) is 0.672. The highest BCUT2D eigenvalue weighted by molar-refractivity contribution is 5.31. The zero-order valence-corrected chi connectivity index (χ0v) is 13.0. The lowest BCUT2D eigenvalue weighted by Crippen LogP contribution is -2.11. The van der Waals surface area contributed by atoms with Gasteiger partial charge < -0.3 is 9.30 Å². The summed E-state index contributed by atoms with van der Waals surface area (Å²) in [5, 5.41) is 0. The predicted octanol–water partition coefficient (Wildman–Crippen LogP) is 4.46. The van der Waals surface area contributed by atoms with Gasteiger partial charge >= 0.3 is 0 Å². The van der Waals surface area contributed by atoms with E-state index in [1.54, 1.807) is 0 Å². The van der Waals surface area contributed by atoms with Gasteiger partial charge in [0.2, 0.25) is 0 Å². The molecule has 116 valence electrons. The van der Waals surface area contributed by atoms with Gasteiger partial charge in [-0.25, -0.2) is 4.98 Å². The van der Waals surface area contributed by atoms with Crippen molar-refractivity contribution in [1.82, 2.24) is 9.55 Å². The van der Waals surface area contributed by atoms with Gasteiger partial charge in [-0.15, -0.1) is 0 Å². The van der Waals surface area contributed by atoms with Gasteiger partial charge in [-0.1, -0.05) is 42.5 Å². The number of nitrogens with zero attached hydrogens (tertiary/aromatic N) is 2. The van der Waals surface area contributed by atoms with Crippen molar-refractivity contribution >= 4 is 0 Å². The molecule has 1 saturated carbocycles. The standard InChI is InChI=1S/C20H20N2O/c1-2-4-16(5-3-1)14-23-19-10-8-18(9-11-19)20(17-6-7-17)22-13-12-21-15-22/h1-5,8-13,15,17,20H,6-7,14H2. The van der Waals surface area contributed by atoms with Crippen LogP contribution in [-0.4, -0.2) is 9.55 Å². The van der Waals surface area contributed by atoms with Gasteiger partial charge in [0.05, 0.1) is 12.4 Å². The van der Waals surface area contributed by atoms with Crippen LogP contribution in [0.4, 0.5) is 0 Å². The van der Waals surface area contributed by atoms with Crippen LogP contribution in [0.3, 0.4) is 0 Å². The third-order valence-electron chi connectivity index (χ3n) is 4.38. The average Bonchev–Trinajstić information content (AvgIpc) is 3.29. The number of hydrogen-bond donors (Lipinski definition) is 0. The first-order valence-corrected chi connectivity index (χ1v) is 8.14. The Morgan fingerprint density at radius 2 is 1.83 bits per heavy atom. The fourth-order valence-electron chi connectivity index (χ4n) is 3.04. The molecule has 3 heteroatoms. The van der Waals surface area contributed by atoms with Gasteiger partial charge in [0.25, 0.3) is 0 Å². The van der Waals surface area contributed by atoms with E-state index in [1.165, 1.54) is 24.0 Å². The average molecular weight is 304 g/mol. The second-order valence-electron chi connectivity index (χ2n) is 6.14. The van der Waals surface area contributed by atoms with Crippen molar-refractivity contribution in [2.75, 3.05) is 0 Å². The summed E-state index contributed by atoms with van der Waals surface area (Å²) in [5.74, 6) is 1.65. The molecule has 0 saturated heterocycles. The van der Waals surface area contributed by atoms with E-state index in [4.69, 9.17) is 4.74 Å². The molecule has 0 amide bonds. The van der Waals surface area contributed by atoms with E-state index in [2.05, 4.69) is 52.1 Å². The van der Waals surface area contributed by atoms with E-state index < -0.39 is 0 Å². The van der Waals surface area contributed by atoms with E-state index in [0.29, 0.717) is 12.6 Å². The Kier molecular flexibility index (Phi) is 3.85. The van der Waals surface area contributed by atoms with Gasteiger partial charge in [-0.2, -0.15) is 0 Å². The molecule has 0 radical (unpaired) electrons. The molecule has 2 aromatic carbocycles. The molecular formula is C20H20N2O. The summed E-state index contributed by atoms with van der Waals surface area (Å²) in [6, 6.07) is 19.2. The lowest BCUT2D eigenvalue weighted by molar-refractivity contribution is 0.306. The van der Waals surface area contributed by atoms with Crippen LogP contribution in [0.25, 0.3) is 0 Å². The summed E-state index contributed by atoms with van der Waals surface area (Å²) in [4.78, 5) is 4.20. The summed E-state index contributed by atoms with van der Waals surface area (Å²) < 4.78 is 8.09. The molecule has 0 bridgehead atoms. The second-order valence-corrected chi connectivity index (χ2v) is 6.14. The highest BCUT2D eigenvalue weighted by Gasteiger charge is 2.33. The number of rotatable bonds is 6. The molecule has 1 unspecified atom stereocenters. The molecule has 1 aromatic heterocycles. The largest absolute Gasteiger partial charge is 0.489 e. The Morgan fingerprint density at radius 3 is 2.48 bits per heavy atom. The molecule has 23 heavy (non-hydrogen) atoms. The maximum absolute atomic E-state index is 5.87. The van der Waals surface area contributed by atoms with E-state index in [-0.39, 0.29) is 0 Å². The first-order chi connectivity index (χ1) is 11.4. The Balaban J connectivity index is 1.47. The second kappa shape index (κ2) is 6.29. The Hall–Kier alpha value is -2.55. The number of hydrogen-bond acceptors (Lipinski definition) is 2. The molecule has 3 aromatic rings. The van der Waals surface area contributed by atoms with E-state index in [0.717, 1.165) is 11.7 Å². The SMILES string of the molecule is c1ccc(COc2ccc(C(C3CC3)n3ccnc3)cc2)cc1. The fourth-order valence-corrected chi connectivity index (χ4v) is 3.04. The van der Waals surface area contributed by atoms with Crippen molar-refractivity contribution in [2.24, 2.45) is 5.92 Å².